The Kier molecular flexibility index (Phi) is 6.53. The molecule has 0 bridgehead atoms. The van der Waals surface area contributed by atoms with Crippen LogP contribution in [0.4, 0.5) is 19.0 Å². The lowest BCUT2D eigenvalue weighted by Gasteiger charge is -2.25. The van der Waals surface area contributed by atoms with Gasteiger partial charge in [0.05, 0.1) is 19.2 Å². The lowest BCUT2D eigenvalue weighted by molar-refractivity contribution is -0.141. The maximum absolute atomic E-state index is 13.0. The van der Waals surface area contributed by atoms with E-state index in [1.165, 1.54) is 6.07 Å². The average molecular weight is 476 g/mol. The molecule has 7 nitrogen and oxygen atoms in total. The first-order chi connectivity index (χ1) is 16.1. The molecule has 1 aliphatic carbocycles. The van der Waals surface area contributed by atoms with Crippen molar-refractivity contribution < 1.29 is 27.4 Å². The van der Waals surface area contributed by atoms with Crippen molar-refractivity contribution in [2.45, 2.75) is 45.5 Å². The number of nitrogens with zero attached hydrogens (tertiary/aromatic N) is 3. The number of fused-ring (bicyclic) bond motifs is 1. The van der Waals surface area contributed by atoms with Crippen LogP contribution in [0.3, 0.4) is 0 Å². The van der Waals surface area contributed by atoms with Gasteiger partial charge in [0.15, 0.2) is 11.5 Å². The summed E-state index contributed by atoms with van der Waals surface area (Å²) in [5.41, 5.74) is 0.114. The molecule has 0 saturated heterocycles. The second-order valence-corrected chi connectivity index (χ2v) is 8.60. The smallest absolute Gasteiger partial charge is 0.433 e. The molecule has 1 N–H and O–H groups in total. The maximum atomic E-state index is 13.0. The molecule has 0 amide bonds. The van der Waals surface area contributed by atoms with Gasteiger partial charge in [-0.3, -0.25) is 4.98 Å². The predicted octanol–water partition coefficient (Wildman–Crippen LogP) is 5.17. The largest absolute Gasteiger partial charge is 0.493 e. The molecule has 1 aromatic carbocycles. The summed E-state index contributed by atoms with van der Waals surface area (Å²) < 4.78 is 56.3. The van der Waals surface area contributed by atoms with Gasteiger partial charge in [-0.25, -0.2) is 9.97 Å². The zero-order valence-electron chi connectivity index (χ0n) is 19.5. The van der Waals surface area contributed by atoms with Gasteiger partial charge < -0.3 is 19.5 Å². The highest BCUT2D eigenvalue weighted by molar-refractivity contribution is 5.91. The summed E-state index contributed by atoms with van der Waals surface area (Å²) in [6.45, 7) is 4.51. The zero-order valence-corrected chi connectivity index (χ0v) is 19.5. The van der Waals surface area contributed by atoms with Gasteiger partial charge in [0, 0.05) is 36.7 Å². The molecule has 0 spiro atoms. The number of nitrogens with one attached hydrogen (secondary N) is 1. The molecule has 182 valence electrons. The van der Waals surface area contributed by atoms with Gasteiger partial charge >= 0.3 is 6.18 Å². The number of ether oxygens (including phenoxy) is 3. The normalized spacial score (nSPS) is 15.7. The summed E-state index contributed by atoms with van der Waals surface area (Å²) in [7, 11) is 3.25. The van der Waals surface area contributed by atoms with Crippen molar-refractivity contribution in [3.8, 4) is 11.5 Å². The van der Waals surface area contributed by atoms with Crippen LogP contribution < -0.4 is 14.8 Å². The number of pyridine rings is 1. The molecule has 0 radical (unpaired) electrons. The van der Waals surface area contributed by atoms with E-state index in [1.807, 2.05) is 13.0 Å². The summed E-state index contributed by atoms with van der Waals surface area (Å²) >= 11 is 0. The molecule has 4 rings (SSSR count). The molecule has 1 unspecified atom stereocenters. The number of alkyl halides is 3. The number of anilines is 1. The van der Waals surface area contributed by atoms with Crippen molar-refractivity contribution in [2.24, 2.45) is 5.41 Å². The van der Waals surface area contributed by atoms with Crippen LogP contribution in [0.5, 0.6) is 11.5 Å². The third-order valence-corrected chi connectivity index (χ3v) is 6.16. The number of hydrogen-bond donors (Lipinski definition) is 1. The van der Waals surface area contributed by atoms with Crippen LogP contribution in [0.2, 0.25) is 0 Å². The number of hydrogen-bond acceptors (Lipinski definition) is 7. The zero-order chi connectivity index (χ0) is 24.5. The van der Waals surface area contributed by atoms with Crippen LogP contribution in [-0.2, 0) is 17.5 Å². The summed E-state index contributed by atoms with van der Waals surface area (Å²) in [6.07, 6.45) is -1.40. The van der Waals surface area contributed by atoms with Crippen molar-refractivity contribution >= 4 is 16.7 Å². The Morgan fingerprint density at radius 1 is 1.12 bits per heavy atom. The summed E-state index contributed by atoms with van der Waals surface area (Å²) in [5, 5.41) is 3.82. The van der Waals surface area contributed by atoms with E-state index in [0.29, 0.717) is 46.2 Å². The minimum absolute atomic E-state index is 0.0168. The van der Waals surface area contributed by atoms with E-state index in [2.05, 4.69) is 20.3 Å². The van der Waals surface area contributed by atoms with Gasteiger partial charge in [-0.15, -0.1) is 0 Å². The Labute approximate surface area is 195 Å². The van der Waals surface area contributed by atoms with Gasteiger partial charge in [-0.05, 0) is 50.5 Å². The molecule has 1 atom stereocenters. The third kappa shape index (κ3) is 5.01. The van der Waals surface area contributed by atoms with Crippen molar-refractivity contribution in [3.63, 3.8) is 0 Å². The van der Waals surface area contributed by atoms with Crippen molar-refractivity contribution in [3.05, 3.63) is 47.5 Å². The van der Waals surface area contributed by atoms with Crippen molar-refractivity contribution in [1.82, 2.24) is 15.0 Å². The average Bonchev–Trinajstić information content (AvgIpc) is 3.58. The monoisotopic (exact) mass is 476 g/mol. The van der Waals surface area contributed by atoms with Crippen LogP contribution in [0.25, 0.3) is 10.9 Å². The fraction of sp³-hybridized carbons (Fsp3) is 0.458. The highest BCUT2D eigenvalue weighted by Gasteiger charge is 2.49. The van der Waals surface area contributed by atoms with Crippen LogP contribution in [0, 0.1) is 12.3 Å². The number of benzene rings is 1. The first-order valence-corrected chi connectivity index (χ1v) is 10.9. The van der Waals surface area contributed by atoms with Crippen LogP contribution in [-0.4, -0.2) is 41.9 Å². The molecular weight excluding hydrogens is 449 g/mol. The lowest BCUT2D eigenvalue weighted by atomic mass is 10.0. The van der Waals surface area contributed by atoms with E-state index >= 15 is 0 Å². The number of methoxy groups -OCH3 is 2. The van der Waals surface area contributed by atoms with E-state index in [0.717, 1.165) is 25.1 Å². The Bertz CT molecular complexity index is 1180. The molecule has 1 fully saturated rings. The van der Waals surface area contributed by atoms with E-state index in [4.69, 9.17) is 14.2 Å². The quantitative estimate of drug-likeness (QED) is 0.457. The maximum Gasteiger partial charge on any atom is 0.433 e. The molecule has 1 aliphatic rings. The van der Waals surface area contributed by atoms with Gasteiger partial charge in [-0.1, -0.05) is 0 Å². The number of rotatable bonds is 9. The first kappa shape index (κ1) is 24.0. The molecule has 34 heavy (non-hydrogen) atoms. The molecule has 3 aromatic rings. The predicted molar refractivity (Wildman–Crippen MR) is 121 cm³/mol. The molecule has 10 heteroatoms. The van der Waals surface area contributed by atoms with Crippen molar-refractivity contribution in [2.75, 3.05) is 26.1 Å². The Morgan fingerprint density at radius 3 is 2.53 bits per heavy atom. The lowest BCUT2D eigenvalue weighted by Crippen LogP contribution is -2.29. The standard InChI is InChI=1S/C24H27F3N4O3/c1-14(23(6-7-23)13-32-3)34-20-10-17-18(11-19(20)33-4)30-15(2)31-22(17)29-12-16-5-8-28-21(9-16)24(25,26)27/h5,8-11,14H,6-7,12-13H2,1-4H3,(H,29,30,31). The Balaban J connectivity index is 1.64. The minimum atomic E-state index is -4.50. The molecule has 2 heterocycles. The number of halogens is 3. The minimum Gasteiger partial charge on any atom is -0.493 e. The second-order valence-electron chi connectivity index (χ2n) is 8.60. The topological polar surface area (TPSA) is 78.4 Å². The molecule has 0 aliphatic heterocycles. The van der Waals surface area contributed by atoms with E-state index < -0.39 is 11.9 Å². The van der Waals surface area contributed by atoms with Crippen LogP contribution >= 0.6 is 0 Å². The summed E-state index contributed by atoms with van der Waals surface area (Å²) in [6, 6.07) is 6.14. The van der Waals surface area contributed by atoms with Gasteiger partial charge in [-0.2, -0.15) is 13.2 Å². The van der Waals surface area contributed by atoms with Gasteiger partial charge in [0.1, 0.15) is 23.4 Å². The molecule has 1 saturated carbocycles. The first-order valence-electron chi connectivity index (χ1n) is 10.9. The second kappa shape index (κ2) is 9.25. The van der Waals surface area contributed by atoms with Crippen LogP contribution in [0.1, 0.15) is 36.8 Å². The fourth-order valence-corrected chi connectivity index (χ4v) is 4.00. The number of aryl methyl sites for hydroxylation is 1. The Morgan fingerprint density at radius 2 is 1.88 bits per heavy atom. The molecular formula is C24H27F3N4O3. The Hall–Kier alpha value is -3.14. The SMILES string of the molecule is COCC1(C(C)Oc2cc3c(NCc4ccnc(C(F)(F)F)c4)nc(C)nc3cc2OC)CC1. The summed E-state index contributed by atoms with van der Waals surface area (Å²) in [4.78, 5) is 12.4. The van der Waals surface area contributed by atoms with E-state index in [-0.39, 0.29) is 18.1 Å². The fourth-order valence-electron chi connectivity index (χ4n) is 4.00. The third-order valence-electron chi connectivity index (χ3n) is 6.16. The number of aromatic nitrogens is 3. The molecule has 2 aromatic heterocycles. The van der Waals surface area contributed by atoms with E-state index in [1.54, 1.807) is 27.2 Å². The highest BCUT2D eigenvalue weighted by atomic mass is 19.4. The van der Waals surface area contributed by atoms with Gasteiger partial charge in [0.25, 0.3) is 0 Å². The highest BCUT2D eigenvalue weighted by Crippen LogP contribution is 2.50. The summed E-state index contributed by atoms with van der Waals surface area (Å²) in [5.74, 6) is 2.09. The van der Waals surface area contributed by atoms with E-state index in [9.17, 15) is 13.2 Å². The van der Waals surface area contributed by atoms with Crippen LogP contribution in [0.15, 0.2) is 30.5 Å². The van der Waals surface area contributed by atoms with Gasteiger partial charge in [0.2, 0.25) is 0 Å². The van der Waals surface area contributed by atoms with Crippen molar-refractivity contribution in [1.29, 1.82) is 0 Å².